The van der Waals surface area contributed by atoms with Gasteiger partial charge in [-0.05, 0) is 42.7 Å². The van der Waals surface area contributed by atoms with Gasteiger partial charge < -0.3 is 0 Å². The highest BCUT2D eigenvalue weighted by molar-refractivity contribution is 7.89. The van der Waals surface area contributed by atoms with Crippen LogP contribution in [0.2, 0.25) is 0 Å². The molecular weight excluding hydrogens is 329 g/mol. The molecule has 1 unspecified atom stereocenters. The first-order chi connectivity index (χ1) is 11.2. The van der Waals surface area contributed by atoms with Crippen LogP contribution in [-0.4, -0.2) is 14.2 Å². The van der Waals surface area contributed by atoms with Crippen molar-refractivity contribution in [2.45, 2.75) is 31.7 Å². The summed E-state index contributed by atoms with van der Waals surface area (Å²) in [4.78, 5) is 11.4. The molecule has 6 heteroatoms. The average Bonchev–Trinajstić information content (AvgIpc) is 2.53. The summed E-state index contributed by atoms with van der Waals surface area (Å²) in [5, 5.41) is 0. The molecule has 0 amide bonds. The smallest absolute Gasteiger partial charge is 0.241 e. The Morgan fingerprint density at radius 3 is 2.00 bits per heavy atom. The molecule has 0 saturated heterocycles. The lowest BCUT2D eigenvalue weighted by atomic mass is 9.97. The van der Waals surface area contributed by atoms with Gasteiger partial charge in [0.25, 0.3) is 0 Å². The van der Waals surface area contributed by atoms with Crippen LogP contribution in [0.3, 0.4) is 0 Å². The third kappa shape index (κ3) is 4.27. The maximum absolute atomic E-state index is 13.1. The van der Waals surface area contributed by atoms with E-state index in [1.54, 1.807) is 12.1 Å². The van der Waals surface area contributed by atoms with Gasteiger partial charge in [-0.2, -0.15) is 0 Å². The fourth-order valence-electron chi connectivity index (χ4n) is 2.36. The van der Waals surface area contributed by atoms with Crippen molar-refractivity contribution in [2.24, 2.45) is 5.92 Å². The Hall–Kier alpha value is -2.05. The molecule has 2 aromatic carbocycles. The van der Waals surface area contributed by atoms with E-state index >= 15 is 0 Å². The highest BCUT2D eigenvalue weighted by Crippen LogP contribution is 2.24. The topological polar surface area (TPSA) is 63.2 Å². The molecule has 0 aliphatic heterocycles. The van der Waals surface area contributed by atoms with Crippen LogP contribution in [0.5, 0.6) is 0 Å². The Morgan fingerprint density at radius 2 is 1.54 bits per heavy atom. The summed E-state index contributed by atoms with van der Waals surface area (Å²) in [6.45, 7) is 5.19. The van der Waals surface area contributed by atoms with Crippen LogP contribution in [-0.2, 0) is 10.0 Å². The third-order valence-electron chi connectivity index (χ3n) is 3.75. The van der Waals surface area contributed by atoms with Crippen molar-refractivity contribution in [2.75, 3.05) is 0 Å². The van der Waals surface area contributed by atoms with Crippen molar-refractivity contribution in [1.82, 2.24) is 4.72 Å². The van der Waals surface area contributed by atoms with Crippen LogP contribution in [0, 0.1) is 11.7 Å². The molecule has 4 nitrogen and oxygen atoms in total. The summed E-state index contributed by atoms with van der Waals surface area (Å²) in [7, 11) is -3.76. The van der Waals surface area contributed by atoms with Crippen molar-refractivity contribution < 1.29 is 17.6 Å². The van der Waals surface area contributed by atoms with Gasteiger partial charge >= 0.3 is 0 Å². The minimum Gasteiger partial charge on any atom is -0.295 e. The molecule has 128 valence electrons. The number of hydrogen-bond acceptors (Lipinski definition) is 3. The third-order valence-corrected chi connectivity index (χ3v) is 5.21. The van der Waals surface area contributed by atoms with Crippen LogP contribution in [0.4, 0.5) is 4.39 Å². The van der Waals surface area contributed by atoms with Crippen LogP contribution in [0.15, 0.2) is 53.4 Å². The van der Waals surface area contributed by atoms with Gasteiger partial charge in [0.1, 0.15) is 5.82 Å². The summed E-state index contributed by atoms with van der Waals surface area (Å²) in [6.07, 6.45) is 0. The molecule has 0 heterocycles. The van der Waals surface area contributed by atoms with Gasteiger partial charge in [0.05, 0.1) is 4.90 Å². The van der Waals surface area contributed by atoms with Crippen LogP contribution in [0.1, 0.15) is 42.7 Å². The van der Waals surface area contributed by atoms with Gasteiger partial charge in [0.2, 0.25) is 10.0 Å². The molecule has 1 atom stereocenters. The maximum Gasteiger partial charge on any atom is 0.241 e. The SMILES string of the molecule is CC(=O)c1ccc(S(=O)(=O)NC(c2ccc(F)cc2)C(C)C)cc1. The van der Waals surface area contributed by atoms with E-state index in [1.165, 1.54) is 43.3 Å². The molecule has 0 aliphatic carbocycles. The number of halogens is 1. The number of benzene rings is 2. The zero-order valence-electron chi connectivity index (χ0n) is 13.8. The Bertz CT molecular complexity index is 812. The van der Waals surface area contributed by atoms with E-state index in [2.05, 4.69) is 4.72 Å². The van der Waals surface area contributed by atoms with Crippen molar-refractivity contribution >= 4 is 15.8 Å². The van der Waals surface area contributed by atoms with E-state index < -0.39 is 16.1 Å². The zero-order chi connectivity index (χ0) is 17.9. The zero-order valence-corrected chi connectivity index (χ0v) is 14.6. The molecule has 0 aromatic heterocycles. The van der Waals surface area contributed by atoms with E-state index in [4.69, 9.17) is 0 Å². The Balaban J connectivity index is 2.30. The van der Waals surface area contributed by atoms with Gasteiger partial charge in [-0.25, -0.2) is 17.5 Å². The first kappa shape index (κ1) is 18.3. The fourth-order valence-corrected chi connectivity index (χ4v) is 3.74. The van der Waals surface area contributed by atoms with Crippen molar-refractivity contribution in [3.63, 3.8) is 0 Å². The quantitative estimate of drug-likeness (QED) is 0.809. The molecule has 0 saturated carbocycles. The molecule has 0 radical (unpaired) electrons. The lowest BCUT2D eigenvalue weighted by Gasteiger charge is -2.23. The summed E-state index contributed by atoms with van der Waals surface area (Å²) in [6, 6.07) is 11.0. The highest BCUT2D eigenvalue weighted by Gasteiger charge is 2.24. The maximum atomic E-state index is 13.1. The normalized spacial score (nSPS) is 13.0. The number of nitrogens with one attached hydrogen (secondary N) is 1. The number of sulfonamides is 1. The van der Waals surface area contributed by atoms with Gasteiger partial charge in [-0.1, -0.05) is 38.1 Å². The highest BCUT2D eigenvalue weighted by atomic mass is 32.2. The summed E-state index contributed by atoms with van der Waals surface area (Å²) in [5.41, 5.74) is 1.14. The Labute approximate surface area is 141 Å². The molecule has 0 spiro atoms. The molecule has 0 fully saturated rings. The van der Waals surface area contributed by atoms with Crippen LogP contribution < -0.4 is 4.72 Å². The monoisotopic (exact) mass is 349 g/mol. The van der Waals surface area contributed by atoms with E-state index in [9.17, 15) is 17.6 Å². The lowest BCUT2D eigenvalue weighted by molar-refractivity contribution is 0.101. The van der Waals surface area contributed by atoms with E-state index in [0.29, 0.717) is 11.1 Å². The number of carbonyl (C=O) groups excluding carboxylic acids is 1. The second-order valence-electron chi connectivity index (χ2n) is 5.98. The fraction of sp³-hybridized carbons (Fsp3) is 0.278. The minimum atomic E-state index is -3.76. The molecule has 0 aliphatic rings. The molecule has 24 heavy (non-hydrogen) atoms. The van der Waals surface area contributed by atoms with Gasteiger partial charge in [0.15, 0.2) is 5.78 Å². The number of carbonyl (C=O) groups is 1. The van der Waals surface area contributed by atoms with Gasteiger partial charge in [0, 0.05) is 11.6 Å². The number of Topliss-reactive ketones (excluding diaryl/α,β-unsaturated/α-hetero) is 1. The van der Waals surface area contributed by atoms with Gasteiger partial charge in [-0.3, -0.25) is 4.79 Å². The lowest BCUT2D eigenvalue weighted by Crippen LogP contribution is -2.31. The number of rotatable bonds is 6. The summed E-state index contributed by atoms with van der Waals surface area (Å²) in [5.74, 6) is -0.524. The Morgan fingerprint density at radius 1 is 1.00 bits per heavy atom. The second kappa shape index (κ2) is 7.23. The predicted octanol–water partition coefficient (Wildman–Crippen LogP) is 3.70. The molecule has 0 bridgehead atoms. The van der Waals surface area contributed by atoms with Crippen molar-refractivity contribution in [3.05, 3.63) is 65.5 Å². The Kier molecular flexibility index (Phi) is 5.51. The average molecular weight is 349 g/mol. The standard InChI is InChI=1S/C18H20FNO3S/c1-12(2)18(15-4-8-16(19)9-5-15)20-24(22,23)17-10-6-14(7-11-17)13(3)21/h4-12,18,20H,1-3H3. The van der Waals surface area contributed by atoms with E-state index in [0.717, 1.165) is 0 Å². The first-order valence-corrected chi connectivity index (χ1v) is 9.08. The minimum absolute atomic E-state index is 0.0262. The largest absolute Gasteiger partial charge is 0.295 e. The second-order valence-corrected chi connectivity index (χ2v) is 7.69. The van der Waals surface area contributed by atoms with Gasteiger partial charge in [-0.15, -0.1) is 0 Å². The molecular formula is C18H20FNO3S. The molecule has 1 N–H and O–H groups in total. The molecule has 2 rings (SSSR count). The van der Waals surface area contributed by atoms with Crippen LogP contribution >= 0.6 is 0 Å². The van der Waals surface area contributed by atoms with Crippen molar-refractivity contribution in [3.8, 4) is 0 Å². The molecule has 2 aromatic rings. The number of ketones is 1. The number of hydrogen-bond donors (Lipinski definition) is 1. The summed E-state index contributed by atoms with van der Waals surface area (Å²) < 4.78 is 40.9. The first-order valence-electron chi connectivity index (χ1n) is 7.59. The van der Waals surface area contributed by atoms with E-state index in [-0.39, 0.29) is 22.4 Å². The predicted molar refractivity (Wildman–Crippen MR) is 90.7 cm³/mol. The van der Waals surface area contributed by atoms with Crippen LogP contribution in [0.25, 0.3) is 0 Å². The van der Waals surface area contributed by atoms with E-state index in [1.807, 2.05) is 13.8 Å². The van der Waals surface area contributed by atoms with Crippen molar-refractivity contribution in [1.29, 1.82) is 0 Å². The summed E-state index contributed by atoms with van der Waals surface area (Å²) >= 11 is 0.